The molecule has 2 aromatic heterocycles. The quantitative estimate of drug-likeness (QED) is 0.349. The van der Waals surface area contributed by atoms with Crippen molar-refractivity contribution in [1.82, 2.24) is 40.8 Å². The van der Waals surface area contributed by atoms with Crippen LogP contribution in [0.1, 0.15) is 32.0 Å². The van der Waals surface area contributed by atoms with Crippen LogP contribution >= 0.6 is 0 Å². The maximum Gasteiger partial charge on any atom is 0.273 e. The highest BCUT2D eigenvalue weighted by molar-refractivity contribution is 5.99. The van der Waals surface area contributed by atoms with E-state index in [1.807, 2.05) is 30.3 Å². The minimum Gasteiger partial charge on any atom is -0.267 e. The smallest absolute Gasteiger partial charge is 0.267 e. The van der Waals surface area contributed by atoms with Crippen LogP contribution < -0.4 is 10.9 Å². The van der Waals surface area contributed by atoms with Crippen LogP contribution in [0.5, 0.6) is 0 Å². The van der Waals surface area contributed by atoms with E-state index in [1.54, 1.807) is 49.4 Å². The second-order valence-electron chi connectivity index (χ2n) is 8.12. The number of hydrogen-bond donors (Lipinski definition) is 2. The molecule has 5 aromatic rings. The Labute approximate surface area is 210 Å². The number of hydrazine groups is 1. The summed E-state index contributed by atoms with van der Waals surface area (Å²) in [5, 5.41) is 16.6. The van der Waals surface area contributed by atoms with E-state index in [0.29, 0.717) is 23.6 Å². The van der Waals surface area contributed by atoms with Gasteiger partial charge in [0.15, 0.2) is 0 Å². The number of hydrogen-bond acceptors (Lipinski definition) is 6. The van der Waals surface area contributed by atoms with E-state index in [0.717, 1.165) is 11.1 Å². The second kappa shape index (κ2) is 10.2. The maximum atomic E-state index is 14.1. The SMILES string of the molecule is Cc1c(C(=O)NNC(=O)c2ccc(Cn3nnc(-c4ccccc4)n3)cc2)cnn1-c1ccccc1F. The number of halogens is 1. The van der Waals surface area contributed by atoms with Crippen LogP contribution in [0.2, 0.25) is 0 Å². The van der Waals surface area contributed by atoms with Crippen molar-refractivity contribution in [3.05, 3.63) is 113 Å². The second-order valence-corrected chi connectivity index (χ2v) is 8.12. The fourth-order valence-corrected chi connectivity index (χ4v) is 3.69. The summed E-state index contributed by atoms with van der Waals surface area (Å²) >= 11 is 0. The Hall–Kier alpha value is -5.19. The molecule has 0 bridgehead atoms. The van der Waals surface area contributed by atoms with Crippen molar-refractivity contribution in [3.63, 3.8) is 0 Å². The molecule has 0 spiro atoms. The molecule has 184 valence electrons. The molecule has 0 atom stereocenters. The molecule has 0 aliphatic heterocycles. The van der Waals surface area contributed by atoms with Crippen LogP contribution in [-0.4, -0.2) is 41.8 Å². The van der Waals surface area contributed by atoms with E-state index in [-0.39, 0.29) is 11.3 Å². The number of carbonyl (C=O) groups is 2. The number of rotatable bonds is 6. The van der Waals surface area contributed by atoms with Gasteiger partial charge in [0.1, 0.15) is 11.5 Å². The van der Waals surface area contributed by atoms with Crippen LogP contribution in [-0.2, 0) is 6.54 Å². The highest BCUT2D eigenvalue weighted by atomic mass is 19.1. The minimum atomic E-state index is -0.573. The summed E-state index contributed by atoms with van der Waals surface area (Å²) in [6.45, 7) is 2.02. The lowest BCUT2D eigenvalue weighted by atomic mass is 10.1. The molecule has 3 aromatic carbocycles. The van der Waals surface area contributed by atoms with Gasteiger partial charge in [-0.25, -0.2) is 9.07 Å². The third-order valence-electron chi connectivity index (χ3n) is 5.65. The molecule has 37 heavy (non-hydrogen) atoms. The molecule has 0 unspecified atom stereocenters. The van der Waals surface area contributed by atoms with Crippen LogP contribution in [0, 0.1) is 12.7 Å². The summed E-state index contributed by atoms with van der Waals surface area (Å²) in [5.74, 6) is -1.00. The zero-order chi connectivity index (χ0) is 25.8. The Balaban J connectivity index is 1.19. The molecule has 0 aliphatic rings. The van der Waals surface area contributed by atoms with E-state index < -0.39 is 17.6 Å². The van der Waals surface area contributed by atoms with Crippen LogP contribution in [0.25, 0.3) is 17.1 Å². The number of para-hydroxylation sites is 1. The van der Waals surface area contributed by atoms with E-state index in [4.69, 9.17) is 0 Å². The minimum absolute atomic E-state index is 0.203. The predicted octanol–water partition coefficient (Wildman–Crippen LogP) is 3.10. The van der Waals surface area contributed by atoms with Gasteiger partial charge < -0.3 is 0 Å². The summed E-state index contributed by atoms with van der Waals surface area (Å²) in [5.41, 5.74) is 7.70. The molecular weight excluding hydrogens is 475 g/mol. The molecule has 11 heteroatoms. The summed E-state index contributed by atoms with van der Waals surface area (Å²) in [6.07, 6.45) is 1.32. The summed E-state index contributed by atoms with van der Waals surface area (Å²) in [4.78, 5) is 26.6. The molecule has 5 rings (SSSR count). The molecule has 0 radical (unpaired) electrons. The Morgan fingerprint density at radius 2 is 1.59 bits per heavy atom. The van der Waals surface area contributed by atoms with Gasteiger partial charge in [-0.2, -0.15) is 9.90 Å². The fraction of sp³-hybridized carbons (Fsp3) is 0.0769. The number of carbonyl (C=O) groups excluding carboxylic acids is 2. The van der Waals surface area contributed by atoms with E-state index in [1.165, 1.54) is 21.7 Å². The normalized spacial score (nSPS) is 10.8. The Kier molecular flexibility index (Phi) is 6.49. The lowest BCUT2D eigenvalue weighted by Crippen LogP contribution is -2.41. The third kappa shape index (κ3) is 5.10. The first-order valence-corrected chi connectivity index (χ1v) is 11.3. The lowest BCUT2D eigenvalue weighted by molar-refractivity contribution is 0.0846. The molecule has 0 saturated heterocycles. The number of nitrogens with one attached hydrogen (secondary N) is 2. The average molecular weight is 497 g/mol. The summed E-state index contributed by atoms with van der Waals surface area (Å²) < 4.78 is 15.4. The van der Waals surface area contributed by atoms with Crippen molar-refractivity contribution in [2.75, 3.05) is 0 Å². The molecule has 0 saturated carbocycles. The van der Waals surface area contributed by atoms with Crippen molar-refractivity contribution in [2.45, 2.75) is 13.5 Å². The van der Waals surface area contributed by atoms with Crippen molar-refractivity contribution in [1.29, 1.82) is 0 Å². The monoisotopic (exact) mass is 496 g/mol. The first kappa shape index (κ1) is 23.5. The highest BCUT2D eigenvalue weighted by Crippen LogP contribution is 2.17. The molecular formula is C26H21FN8O2. The molecule has 0 fully saturated rings. The van der Waals surface area contributed by atoms with Gasteiger partial charge in [-0.05, 0) is 42.0 Å². The van der Waals surface area contributed by atoms with Gasteiger partial charge in [-0.1, -0.05) is 54.6 Å². The fourth-order valence-electron chi connectivity index (χ4n) is 3.69. The molecule has 0 aliphatic carbocycles. The van der Waals surface area contributed by atoms with Gasteiger partial charge >= 0.3 is 0 Å². The Morgan fingerprint density at radius 3 is 2.35 bits per heavy atom. The molecule has 2 N–H and O–H groups in total. The number of tetrazole rings is 1. The Bertz CT molecular complexity index is 1560. The van der Waals surface area contributed by atoms with Gasteiger partial charge in [0, 0.05) is 11.1 Å². The number of amides is 2. The zero-order valence-corrected chi connectivity index (χ0v) is 19.7. The molecule has 2 heterocycles. The van der Waals surface area contributed by atoms with Crippen molar-refractivity contribution in [2.24, 2.45) is 0 Å². The van der Waals surface area contributed by atoms with Gasteiger partial charge in [-0.15, -0.1) is 10.2 Å². The van der Waals surface area contributed by atoms with Crippen LogP contribution in [0.3, 0.4) is 0 Å². The highest BCUT2D eigenvalue weighted by Gasteiger charge is 2.17. The number of benzene rings is 3. The van der Waals surface area contributed by atoms with Gasteiger partial charge in [-0.3, -0.25) is 20.4 Å². The van der Waals surface area contributed by atoms with Crippen LogP contribution in [0.4, 0.5) is 4.39 Å². The van der Waals surface area contributed by atoms with E-state index in [9.17, 15) is 14.0 Å². The first-order chi connectivity index (χ1) is 18.0. The standard InChI is InChI=1S/C26H21FN8O2/c1-17-21(15-28-35(17)23-10-6-5-9-22(23)27)26(37)31-30-25(36)20-13-11-18(12-14-20)16-34-32-24(29-33-34)19-7-3-2-4-8-19/h2-15H,16H2,1H3,(H,30,36)(H,31,37). The summed E-state index contributed by atoms with van der Waals surface area (Å²) in [7, 11) is 0. The van der Waals surface area contributed by atoms with Crippen molar-refractivity contribution < 1.29 is 14.0 Å². The Morgan fingerprint density at radius 1 is 0.892 bits per heavy atom. The zero-order valence-electron chi connectivity index (χ0n) is 19.7. The lowest BCUT2D eigenvalue weighted by Gasteiger charge is -2.09. The molecule has 10 nitrogen and oxygen atoms in total. The van der Waals surface area contributed by atoms with Gasteiger partial charge in [0.2, 0.25) is 5.82 Å². The average Bonchev–Trinajstić information content (AvgIpc) is 3.55. The van der Waals surface area contributed by atoms with Gasteiger partial charge in [0.05, 0.1) is 24.0 Å². The van der Waals surface area contributed by atoms with Crippen molar-refractivity contribution in [3.8, 4) is 17.1 Å². The van der Waals surface area contributed by atoms with Crippen LogP contribution in [0.15, 0.2) is 85.1 Å². The molecule has 2 amide bonds. The predicted molar refractivity (Wildman–Crippen MR) is 132 cm³/mol. The maximum absolute atomic E-state index is 14.1. The summed E-state index contributed by atoms with van der Waals surface area (Å²) in [6, 6.07) is 22.5. The largest absolute Gasteiger partial charge is 0.273 e. The van der Waals surface area contributed by atoms with E-state index in [2.05, 4.69) is 31.4 Å². The number of nitrogens with zero attached hydrogens (tertiary/aromatic N) is 6. The van der Waals surface area contributed by atoms with Crippen molar-refractivity contribution >= 4 is 11.8 Å². The van der Waals surface area contributed by atoms with E-state index >= 15 is 0 Å². The number of aromatic nitrogens is 6. The first-order valence-electron chi connectivity index (χ1n) is 11.3. The van der Waals surface area contributed by atoms with Gasteiger partial charge in [0.25, 0.3) is 11.8 Å². The topological polar surface area (TPSA) is 120 Å². The third-order valence-corrected chi connectivity index (χ3v) is 5.65.